The van der Waals surface area contributed by atoms with Crippen molar-refractivity contribution in [3.63, 3.8) is 0 Å². The molecule has 4 rings (SSSR count). The van der Waals surface area contributed by atoms with Gasteiger partial charge in [0.15, 0.2) is 0 Å². The van der Waals surface area contributed by atoms with Crippen molar-refractivity contribution in [1.29, 1.82) is 0 Å². The number of urea groups is 1. The molecule has 6 heteroatoms. The van der Waals surface area contributed by atoms with Gasteiger partial charge in [0.25, 0.3) is 5.91 Å². The third-order valence-electron chi connectivity index (χ3n) is 6.65. The zero-order valence-electron chi connectivity index (χ0n) is 16.5. The number of carbonyl (C=O) groups excluding carboxylic acids is 3. The second-order valence-electron chi connectivity index (χ2n) is 8.45. The smallest absolute Gasteiger partial charge is 0.326 e. The normalized spacial score (nSPS) is 26.1. The van der Waals surface area contributed by atoms with Gasteiger partial charge in [-0.3, -0.25) is 9.59 Å². The molecule has 2 fully saturated rings. The summed E-state index contributed by atoms with van der Waals surface area (Å²) < 4.78 is 0. The molecule has 2 N–H and O–H groups in total. The minimum absolute atomic E-state index is 0.254. The number of rotatable bonds is 4. The van der Waals surface area contributed by atoms with Gasteiger partial charge in [0.1, 0.15) is 11.6 Å². The SMILES string of the molecule is C[C@@H](C(=O)NCC1CCCCC1)N1C(=O)N[C@]2(CCCc3ccccc32)C1=O. The van der Waals surface area contributed by atoms with E-state index in [4.69, 9.17) is 0 Å². The standard InChI is InChI=1S/C22H29N3O3/c1-15(19(26)23-14-16-8-3-2-4-9-16)25-20(27)22(24-21(25)28)13-7-11-17-10-5-6-12-18(17)22/h5-6,10,12,15-16H,2-4,7-9,11,13-14H2,1H3,(H,23,26)(H,24,28)/t15-,22-/m0/s1. The second-order valence-corrected chi connectivity index (χ2v) is 8.45. The van der Waals surface area contributed by atoms with E-state index in [1.807, 2.05) is 24.3 Å². The number of carbonyl (C=O) groups is 3. The summed E-state index contributed by atoms with van der Waals surface area (Å²) in [5.41, 5.74) is 0.944. The van der Waals surface area contributed by atoms with Crippen LogP contribution in [0.1, 0.15) is 63.0 Å². The Balaban J connectivity index is 1.49. The fourth-order valence-corrected chi connectivity index (χ4v) is 5.03. The van der Waals surface area contributed by atoms with Crippen LogP contribution >= 0.6 is 0 Å². The number of nitrogens with one attached hydrogen (secondary N) is 2. The molecular formula is C22H29N3O3. The van der Waals surface area contributed by atoms with E-state index in [1.54, 1.807) is 6.92 Å². The van der Waals surface area contributed by atoms with Gasteiger partial charge in [-0.15, -0.1) is 0 Å². The van der Waals surface area contributed by atoms with Gasteiger partial charge in [0.05, 0.1) is 0 Å². The number of amides is 4. The quantitative estimate of drug-likeness (QED) is 0.785. The zero-order valence-corrected chi connectivity index (χ0v) is 16.5. The highest BCUT2D eigenvalue weighted by Gasteiger charge is 2.55. The molecule has 1 spiro atoms. The lowest BCUT2D eigenvalue weighted by atomic mass is 9.76. The van der Waals surface area contributed by atoms with Gasteiger partial charge < -0.3 is 10.6 Å². The Morgan fingerprint density at radius 3 is 2.75 bits per heavy atom. The van der Waals surface area contributed by atoms with Gasteiger partial charge in [-0.05, 0) is 56.1 Å². The van der Waals surface area contributed by atoms with E-state index in [9.17, 15) is 14.4 Å². The monoisotopic (exact) mass is 383 g/mol. The summed E-state index contributed by atoms with van der Waals surface area (Å²) >= 11 is 0. The van der Waals surface area contributed by atoms with Gasteiger partial charge in [0.2, 0.25) is 5.91 Å². The maximum Gasteiger partial charge on any atom is 0.326 e. The van der Waals surface area contributed by atoms with Crippen LogP contribution in [-0.2, 0) is 21.5 Å². The first kappa shape index (κ1) is 19.0. The van der Waals surface area contributed by atoms with Crippen LogP contribution < -0.4 is 10.6 Å². The number of aryl methyl sites for hydroxylation is 1. The Hall–Kier alpha value is -2.37. The first-order chi connectivity index (χ1) is 13.5. The number of nitrogens with zero attached hydrogens (tertiary/aromatic N) is 1. The molecule has 150 valence electrons. The van der Waals surface area contributed by atoms with Gasteiger partial charge in [-0.1, -0.05) is 43.5 Å². The lowest BCUT2D eigenvalue weighted by Gasteiger charge is -2.33. The summed E-state index contributed by atoms with van der Waals surface area (Å²) in [4.78, 5) is 39.9. The molecule has 28 heavy (non-hydrogen) atoms. The Kier molecular flexibility index (Phi) is 5.13. The van der Waals surface area contributed by atoms with Crippen LogP contribution in [0.5, 0.6) is 0 Å². The topological polar surface area (TPSA) is 78.5 Å². The molecule has 1 saturated heterocycles. The van der Waals surface area contributed by atoms with Gasteiger partial charge in [-0.2, -0.15) is 0 Å². The highest BCUT2D eigenvalue weighted by atomic mass is 16.2. The van der Waals surface area contributed by atoms with E-state index in [2.05, 4.69) is 10.6 Å². The predicted molar refractivity (Wildman–Crippen MR) is 105 cm³/mol. The highest BCUT2D eigenvalue weighted by molar-refractivity contribution is 6.10. The Morgan fingerprint density at radius 1 is 1.21 bits per heavy atom. The number of benzene rings is 1. The third kappa shape index (κ3) is 3.19. The van der Waals surface area contributed by atoms with Crippen molar-refractivity contribution < 1.29 is 14.4 Å². The maximum atomic E-state index is 13.4. The van der Waals surface area contributed by atoms with Crippen molar-refractivity contribution >= 4 is 17.8 Å². The number of fused-ring (bicyclic) bond motifs is 2. The summed E-state index contributed by atoms with van der Waals surface area (Å²) in [6.07, 6.45) is 8.28. The average Bonchev–Trinajstić information content (AvgIpc) is 2.97. The van der Waals surface area contributed by atoms with Crippen LogP contribution in [0.15, 0.2) is 24.3 Å². The molecule has 6 nitrogen and oxygen atoms in total. The molecule has 1 saturated carbocycles. The molecular weight excluding hydrogens is 354 g/mol. The molecule has 0 aromatic heterocycles. The number of hydrogen-bond acceptors (Lipinski definition) is 3. The lowest BCUT2D eigenvalue weighted by molar-refractivity contribution is -0.138. The van der Waals surface area contributed by atoms with Crippen molar-refractivity contribution in [3.8, 4) is 0 Å². The summed E-state index contributed by atoms with van der Waals surface area (Å²) in [6, 6.07) is 6.50. The second kappa shape index (κ2) is 7.57. The van der Waals surface area contributed by atoms with Crippen LogP contribution in [0.2, 0.25) is 0 Å². The molecule has 1 aromatic carbocycles. The zero-order chi connectivity index (χ0) is 19.7. The molecule has 1 aliphatic heterocycles. The molecule has 0 unspecified atom stereocenters. The van der Waals surface area contributed by atoms with Crippen molar-refractivity contribution in [3.05, 3.63) is 35.4 Å². The maximum absolute atomic E-state index is 13.4. The number of imide groups is 1. The highest BCUT2D eigenvalue weighted by Crippen LogP contribution is 2.40. The lowest BCUT2D eigenvalue weighted by Crippen LogP contribution is -2.51. The van der Waals surface area contributed by atoms with Crippen molar-refractivity contribution in [2.75, 3.05) is 6.54 Å². The molecule has 1 aromatic rings. The molecule has 2 aliphatic carbocycles. The van der Waals surface area contributed by atoms with E-state index < -0.39 is 17.6 Å². The van der Waals surface area contributed by atoms with E-state index >= 15 is 0 Å². The van der Waals surface area contributed by atoms with Crippen molar-refractivity contribution in [2.45, 2.75) is 69.9 Å². The summed E-state index contributed by atoms with van der Waals surface area (Å²) in [6.45, 7) is 2.27. The Bertz CT molecular complexity index is 787. The van der Waals surface area contributed by atoms with E-state index in [0.29, 0.717) is 18.9 Å². The molecule has 4 amide bonds. The average molecular weight is 383 g/mol. The Labute approximate surface area is 166 Å². The minimum Gasteiger partial charge on any atom is -0.354 e. The molecule has 0 bridgehead atoms. The van der Waals surface area contributed by atoms with Crippen LogP contribution in [0.4, 0.5) is 4.79 Å². The first-order valence-electron chi connectivity index (χ1n) is 10.5. The largest absolute Gasteiger partial charge is 0.354 e. The third-order valence-corrected chi connectivity index (χ3v) is 6.65. The van der Waals surface area contributed by atoms with Crippen molar-refractivity contribution in [2.24, 2.45) is 5.92 Å². The van der Waals surface area contributed by atoms with Crippen LogP contribution in [-0.4, -0.2) is 35.3 Å². The van der Waals surface area contributed by atoms with Crippen LogP contribution in [0.3, 0.4) is 0 Å². The molecule has 1 heterocycles. The fourth-order valence-electron chi connectivity index (χ4n) is 5.03. The summed E-state index contributed by atoms with van der Waals surface area (Å²) in [7, 11) is 0. The van der Waals surface area contributed by atoms with Gasteiger partial charge in [-0.25, -0.2) is 9.69 Å². The van der Waals surface area contributed by atoms with Crippen molar-refractivity contribution in [1.82, 2.24) is 15.5 Å². The molecule has 0 radical (unpaired) electrons. The van der Waals surface area contributed by atoms with E-state index in [-0.39, 0.29) is 11.8 Å². The van der Waals surface area contributed by atoms with E-state index in [0.717, 1.165) is 41.7 Å². The number of hydrogen-bond donors (Lipinski definition) is 2. The molecule has 3 aliphatic rings. The van der Waals surface area contributed by atoms with Crippen LogP contribution in [0.25, 0.3) is 0 Å². The predicted octanol–water partition coefficient (Wildman–Crippen LogP) is 2.86. The fraction of sp³-hybridized carbons (Fsp3) is 0.591. The first-order valence-corrected chi connectivity index (χ1v) is 10.5. The summed E-state index contributed by atoms with van der Waals surface area (Å²) in [5.74, 6) is -0.0512. The molecule has 2 atom stereocenters. The minimum atomic E-state index is -1.02. The summed E-state index contributed by atoms with van der Waals surface area (Å²) in [5, 5.41) is 5.89. The van der Waals surface area contributed by atoms with Gasteiger partial charge in [0, 0.05) is 6.54 Å². The van der Waals surface area contributed by atoms with Gasteiger partial charge >= 0.3 is 6.03 Å². The van der Waals surface area contributed by atoms with Crippen LogP contribution in [0, 0.1) is 5.92 Å². The Morgan fingerprint density at radius 2 is 1.96 bits per heavy atom. The van der Waals surface area contributed by atoms with E-state index in [1.165, 1.54) is 19.3 Å².